The van der Waals surface area contributed by atoms with Gasteiger partial charge in [-0.15, -0.1) is 0 Å². The molecule has 0 radical (unpaired) electrons. The molecule has 29 heavy (non-hydrogen) atoms. The number of hydrogen-bond acceptors (Lipinski definition) is 7. The van der Waals surface area contributed by atoms with E-state index in [1.54, 1.807) is 27.7 Å². The highest BCUT2D eigenvalue weighted by Crippen LogP contribution is 2.08. The van der Waals surface area contributed by atoms with Gasteiger partial charge in [-0.25, -0.2) is 4.79 Å². The first-order chi connectivity index (χ1) is 13.4. The van der Waals surface area contributed by atoms with E-state index in [-0.39, 0.29) is 11.8 Å². The average Bonchev–Trinajstić information content (AvgIpc) is 2.65. The van der Waals surface area contributed by atoms with Crippen LogP contribution in [0.4, 0.5) is 0 Å². The predicted molar refractivity (Wildman–Crippen MR) is 104 cm³/mol. The normalized spacial score (nSPS) is 17.4. The molecule has 0 aromatic carbocycles. The summed E-state index contributed by atoms with van der Waals surface area (Å²) in [4.78, 5) is 48.2. The van der Waals surface area contributed by atoms with Crippen LogP contribution in [0.3, 0.4) is 0 Å². The standard InChI is InChI=1S/C18H34N4O7/c1-6-9(4)13(18(28)29)21-15(25)11(7-23)20-17(27)14(10(5)24)22-16(26)12(19)8(2)3/h8-14,23-24H,6-7,19H2,1-5H3,(H,20,27)(H,21,25)(H,22,26)(H,28,29). The van der Waals surface area contributed by atoms with E-state index < -0.39 is 60.6 Å². The summed E-state index contributed by atoms with van der Waals surface area (Å²) in [5.41, 5.74) is 5.72. The van der Waals surface area contributed by atoms with Crippen LogP contribution in [0.1, 0.15) is 41.0 Å². The van der Waals surface area contributed by atoms with Crippen LogP contribution in [-0.2, 0) is 19.2 Å². The zero-order valence-corrected chi connectivity index (χ0v) is 17.5. The molecule has 0 aromatic heterocycles. The molecule has 0 rings (SSSR count). The monoisotopic (exact) mass is 418 g/mol. The number of nitrogens with one attached hydrogen (secondary N) is 3. The molecule has 0 fully saturated rings. The highest BCUT2D eigenvalue weighted by Gasteiger charge is 2.33. The van der Waals surface area contributed by atoms with Crippen LogP contribution in [0, 0.1) is 11.8 Å². The maximum atomic E-state index is 12.5. The molecule has 0 bridgehead atoms. The summed E-state index contributed by atoms with van der Waals surface area (Å²) >= 11 is 0. The van der Waals surface area contributed by atoms with Gasteiger partial charge in [0.25, 0.3) is 0 Å². The smallest absolute Gasteiger partial charge is 0.326 e. The van der Waals surface area contributed by atoms with Crippen molar-refractivity contribution in [1.82, 2.24) is 16.0 Å². The third-order valence-electron chi connectivity index (χ3n) is 4.68. The Kier molecular flexibility index (Phi) is 11.4. The fourth-order valence-electron chi connectivity index (χ4n) is 2.35. The lowest BCUT2D eigenvalue weighted by atomic mass is 9.99. The molecule has 8 N–H and O–H groups in total. The van der Waals surface area contributed by atoms with Crippen molar-refractivity contribution in [1.29, 1.82) is 0 Å². The molecule has 6 unspecified atom stereocenters. The molecule has 0 aromatic rings. The number of carboxylic acids is 1. The van der Waals surface area contributed by atoms with Gasteiger partial charge in [-0.3, -0.25) is 14.4 Å². The quantitative estimate of drug-likeness (QED) is 0.188. The molecule has 0 aliphatic rings. The second-order valence-corrected chi connectivity index (χ2v) is 7.45. The van der Waals surface area contributed by atoms with Gasteiger partial charge in [0.05, 0.1) is 18.8 Å². The first kappa shape index (κ1) is 26.8. The topological polar surface area (TPSA) is 191 Å². The van der Waals surface area contributed by atoms with Gasteiger partial charge in [-0.2, -0.15) is 0 Å². The summed E-state index contributed by atoms with van der Waals surface area (Å²) in [5.74, 6) is -4.32. The summed E-state index contributed by atoms with van der Waals surface area (Å²) in [6, 6.07) is -4.99. The Bertz CT molecular complexity index is 583. The predicted octanol–water partition coefficient (Wildman–Crippen LogP) is -2.07. The first-order valence-electron chi connectivity index (χ1n) is 9.55. The zero-order chi connectivity index (χ0) is 22.9. The second kappa shape index (κ2) is 12.3. The molecule has 168 valence electrons. The van der Waals surface area contributed by atoms with Crippen molar-refractivity contribution in [2.24, 2.45) is 17.6 Å². The van der Waals surface area contributed by atoms with Crippen molar-refractivity contribution in [2.45, 2.75) is 71.3 Å². The van der Waals surface area contributed by atoms with Crippen LogP contribution in [0.5, 0.6) is 0 Å². The number of aliphatic carboxylic acids is 1. The van der Waals surface area contributed by atoms with Crippen molar-refractivity contribution >= 4 is 23.7 Å². The fraction of sp³-hybridized carbons (Fsp3) is 0.778. The Balaban J connectivity index is 5.22. The number of rotatable bonds is 12. The highest BCUT2D eigenvalue weighted by molar-refractivity contribution is 5.94. The maximum absolute atomic E-state index is 12.5. The van der Waals surface area contributed by atoms with Crippen LogP contribution >= 0.6 is 0 Å². The van der Waals surface area contributed by atoms with E-state index in [4.69, 9.17) is 5.73 Å². The van der Waals surface area contributed by atoms with E-state index in [0.717, 1.165) is 0 Å². The summed E-state index contributed by atoms with van der Waals surface area (Å²) in [5, 5.41) is 35.4. The lowest BCUT2D eigenvalue weighted by Gasteiger charge is -2.27. The summed E-state index contributed by atoms with van der Waals surface area (Å²) in [7, 11) is 0. The number of aliphatic hydroxyl groups excluding tert-OH is 2. The summed E-state index contributed by atoms with van der Waals surface area (Å²) in [6.07, 6.45) is -0.827. The largest absolute Gasteiger partial charge is 0.480 e. The van der Waals surface area contributed by atoms with Crippen LogP contribution in [-0.4, -0.2) is 75.9 Å². The second-order valence-electron chi connectivity index (χ2n) is 7.45. The van der Waals surface area contributed by atoms with Gasteiger partial charge >= 0.3 is 5.97 Å². The Morgan fingerprint density at radius 3 is 1.79 bits per heavy atom. The van der Waals surface area contributed by atoms with Crippen LogP contribution < -0.4 is 21.7 Å². The van der Waals surface area contributed by atoms with Gasteiger partial charge < -0.3 is 37.0 Å². The van der Waals surface area contributed by atoms with Crippen molar-refractivity contribution < 1.29 is 34.5 Å². The molecule has 0 heterocycles. The number of aliphatic hydroxyl groups is 2. The number of hydrogen-bond donors (Lipinski definition) is 7. The molecule has 11 nitrogen and oxygen atoms in total. The molecule has 0 aliphatic heterocycles. The number of carbonyl (C=O) groups is 4. The summed E-state index contributed by atoms with van der Waals surface area (Å²) < 4.78 is 0. The van der Waals surface area contributed by atoms with Gasteiger partial charge in [0.1, 0.15) is 18.1 Å². The van der Waals surface area contributed by atoms with Crippen molar-refractivity contribution in [3.63, 3.8) is 0 Å². The van der Waals surface area contributed by atoms with Crippen LogP contribution in [0.15, 0.2) is 0 Å². The van der Waals surface area contributed by atoms with Crippen LogP contribution in [0.25, 0.3) is 0 Å². The molecule has 3 amide bonds. The zero-order valence-electron chi connectivity index (χ0n) is 17.5. The first-order valence-corrected chi connectivity index (χ1v) is 9.55. The van der Waals surface area contributed by atoms with Gasteiger partial charge in [0.2, 0.25) is 17.7 Å². The fourth-order valence-corrected chi connectivity index (χ4v) is 2.35. The van der Waals surface area contributed by atoms with Gasteiger partial charge in [0.15, 0.2) is 0 Å². The van der Waals surface area contributed by atoms with E-state index in [2.05, 4.69) is 16.0 Å². The lowest BCUT2D eigenvalue weighted by Crippen LogP contribution is -2.61. The third kappa shape index (κ3) is 8.34. The summed E-state index contributed by atoms with van der Waals surface area (Å²) in [6.45, 7) is 7.28. The average molecular weight is 418 g/mol. The van der Waals surface area contributed by atoms with Crippen molar-refractivity contribution in [3.05, 3.63) is 0 Å². The molecule has 6 atom stereocenters. The third-order valence-corrected chi connectivity index (χ3v) is 4.68. The highest BCUT2D eigenvalue weighted by atomic mass is 16.4. The Morgan fingerprint density at radius 1 is 0.897 bits per heavy atom. The SMILES string of the molecule is CCC(C)C(NC(=O)C(CO)NC(=O)C(NC(=O)C(N)C(C)C)C(C)O)C(=O)O. The van der Waals surface area contributed by atoms with Gasteiger partial charge in [-0.05, 0) is 18.8 Å². The molecule has 11 heteroatoms. The molecule has 0 saturated heterocycles. The van der Waals surface area contributed by atoms with Crippen molar-refractivity contribution in [2.75, 3.05) is 6.61 Å². The van der Waals surface area contributed by atoms with Gasteiger partial charge in [0, 0.05) is 0 Å². The van der Waals surface area contributed by atoms with Gasteiger partial charge in [-0.1, -0.05) is 34.1 Å². The Morgan fingerprint density at radius 2 is 1.41 bits per heavy atom. The molecule has 0 spiro atoms. The maximum Gasteiger partial charge on any atom is 0.326 e. The molecule has 0 aliphatic carbocycles. The number of carboxylic acid groups (broad SMARTS) is 1. The molecular formula is C18H34N4O7. The van der Waals surface area contributed by atoms with Crippen LogP contribution in [0.2, 0.25) is 0 Å². The number of nitrogens with two attached hydrogens (primary N) is 1. The minimum absolute atomic E-state index is 0.211. The van der Waals surface area contributed by atoms with E-state index in [0.29, 0.717) is 6.42 Å². The van der Waals surface area contributed by atoms with Crippen molar-refractivity contribution in [3.8, 4) is 0 Å². The van der Waals surface area contributed by atoms with E-state index in [1.165, 1.54) is 6.92 Å². The Labute approximate surface area is 170 Å². The number of carbonyl (C=O) groups excluding carboxylic acids is 3. The number of amides is 3. The van der Waals surface area contributed by atoms with E-state index in [1.807, 2.05) is 0 Å². The lowest BCUT2D eigenvalue weighted by molar-refractivity contribution is -0.144. The molecule has 0 saturated carbocycles. The minimum atomic E-state index is -1.47. The Hall–Kier alpha value is -2.24. The molecular weight excluding hydrogens is 384 g/mol. The van der Waals surface area contributed by atoms with E-state index in [9.17, 15) is 34.5 Å². The van der Waals surface area contributed by atoms with E-state index >= 15 is 0 Å². The minimum Gasteiger partial charge on any atom is -0.480 e.